The number of anilines is 1. The number of amides is 7. The van der Waals surface area contributed by atoms with Crippen LogP contribution in [0.4, 0.5) is 21.0 Å². The van der Waals surface area contributed by atoms with E-state index in [1.54, 1.807) is 56.6 Å². The molecule has 0 unspecified atom stereocenters. The van der Waals surface area contributed by atoms with Gasteiger partial charge in [0.15, 0.2) is 0 Å². The molecule has 9 N–H and O–H groups in total. The third kappa shape index (κ3) is 15.0. The van der Waals surface area contributed by atoms with Crippen molar-refractivity contribution < 1.29 is 38.3 Å². The van der Waals surface area contributed by atoms with Crippen molar-refractivity contribution in [2.75, 3.05) is 25.0 Å². The van der Waals surface area contributed by atoms with E-state index in [0.717, 1.165) is 24.0 Å². The molecule has 0 saturated carbocycles. The van der Waals surface area contributed by atoms with Gasteiger partial charge in [-0.1, -0.05) is 52.0 Å². The van der Waals surface area contributed by atoms with Gasteiger partial charge in [0.05, 0.1) is 18.8 Å². The van der Waals surface area contributed by atoms with Crippen molar-refractivity contribution in [1.82, 2.24) is 36.3 Å². The van der Waals surface area contributed by atoms with Gasteiger partial charge in [-0.25, -0.2) is 29.6 Å². The van der Waals surface area contributed by atoms with Gasteiger partial charge in [-0.05, 0) is 67.0 Å². The number of fused-ring (bicyclic) bond motifs is 1. The number of nitrogens with two attached hydrogens (primary N) is 2. The number of carbonyl (C=O) groups is 6. The number of primary amides is 1. The highest BCUT2D eigenvalue weighted by atomic mass is 16.7. The van der Waals surface area contributed by atoms with Crippen LogP contribution < -0.4 is 38.1 Å². The second-order valence-corrected chi connectivity index (χ2v) is 14.9. The Bertz CT molecular complexity index is 2110. The maximum atomic E-state index is 13.3. The standard InChI is InChI=1S/C43H57N11O8/c1-6-17-54(62-18-7-2)41(58)31-19-30-13-12-29(20-35(30)52-36(44)21-31)32-22-47-37(48-23-32)24-49-43(60)61-25-28-10-14-33(15-11-28)51-39(56)34(9-8-16-46-42(45)59)53-40(57)38(26(3)4)50-27(5)55/h10-15,19-20,22-23,26,34,38H,6-9,16-18,21,24-25H2,1-5H3,(H2,44,52)(H,49,60)(H,50,55)(H,51,56)(H,53,57)(H3,45,46,59)/t34-,38-/m0/s1. The molecule has 2 atom stereocenters. The third-order valence-corrected chi connectivity index (χ3v) is 9.31. The van der Waals surface area contributed by atoms with Crippen molar-refractivity contribution in [2.24, 2.45) is 22.4 Å². The van der Waals surface area contributed by atoms with E-state index in [1.165, 1.54) is 12.0 Å². The smallest absolute Gasteiger partial charge is 0.407 e. The molecule has 4 rings (SSSR count). The number of ether oxygens (including phenoxy) is 1. The van der Waals surface area contributed by atoms with Crippen molar-refractivity contribution in [1.29, 1.82) is 0 Å². The van der Waals surface area contributed by atoms with Crippen molar-refractivity contribution in [3.05, 3.63) is 77.4 Å². The summed E-state index contributed by atoms with van der Waals surface area (Å²) in [5.41, 5.74) is 15.8. The first-order valence-electron chi connectivity index (χ1n) is 20.5. The van der Waals surface area contributed by atoms with Gasteiger partial charge in [0.1, 0.15) is 30.4 Å². The molecule has 7 amide bonds. The van der Waals surface area contributed by atoms with Crippen LogP contribution in [-0.4, -0.2) is 88.4 Å². The first-order valence-corrected chi connectivity index (χ1v) is 20.5. The monoisotopic (exact) mass is 855 g/mol. The second kappa shape index (κ2) is 23.8. The van der Waals surface area contributed by atoms with E-state index >= 15 is 0 Å². The molecule has 19 nitrogen and oxygen atoms in total. The molecule has 1 aliphatic rings. The Morgan fingerprint density at radius 2 is 1.63 bits per heavy atom. The Labute approximate surface area is 360 Å². The zero-order valence-electron chi connectivity index (χ0n) is 35.8. The summed E-state index contributed by atoms with van der Waals surface area (Å²) in [5, 5.41) is 14.6. The predicted molar refractivity (Wildman–Crippen MR) is 233 cm³/mol. The zero-order valence-corrected chi connectivity index (χ0v) is 35.8. The van der Waals surface area contributed by atoms with Gasteiger partial charge in [-0.15, -0.1) is 0 Å². The molecule has 2 aromatic carbocycles. The minimum absolute atomic E-state index is 0.00669. The van der Waals surface area contributed by atoms with Crippen LogP contribution in [-0.2, 0) is 41.9 Å². The van der Waals surface area contributed by atoms with Crippen LogP contribution in [0.1, 0.15) is 83.7 Å². The number of hydrogen-bond acceptors (Lipinski definition) is 12. The number of aromatic nitrogens is 2. The van der Waals surface area contributed by atoms with E-state index in [-0.39, 0.29) is 50.3 Å². The number of urea groups is 1. The molecule has 0 radical (unpaired) electrons. The van der Waals surface area contributed by atoms with Crippen LogP contribution in [0.3, 0.4) is 0 Å². The van der Waals surface area contributed by atoms with E-state index in [0.29, 0.717) is 59.3 Å². The Morgan fingerprint density at radius 1 is 0.903 bits per heavy atom. The number of amidine groups is 1. The van der Waals surface area contributed by atoms with Crippen LogP contribution in [0.15, 0.2) is 65.4 Å². The maximum Gasteiger partial charge on any atom is 0.407 e. The quantitative estimate of drug-likeness (QED) is 0.0595. The van der Waals surface area contributed by atoms with Crippen LogP contribution in [0, 0.1) is 5.92 Å². The van der Waals surface area contributed by atoms with E-state index in [4.69, 9.17) is 21.0 Å². The summed E-state index contributed by atoms with van der Waals surface area (Å²) in [7, 11) is 0. The largest absolute Gasteiger partial charge is 0.445 e. The normalized spacial score (nSPS) is 12.9. The Morgan fingerprint density at radius 3 is 2.27 bits per heavy atom. The Hall–Kier alpha value is -6.89. The molecular weight excluding hydrogens is 799 g/mol. The average Bonchev–Trinajstić information content (AvgIpc) is 3.41. The van der Waals surface area contributed by atoms with Crippen LogP contribution in [0.5, 0.6) is 0 Å². The van der Waals surface area contributed by atoms with E-state index < -0.39 is 36.0 Å². The number of alkyl carbamates (subject to hydrolysis) is 1. The topological polar surface area (TPSA) is 274 Å². The number of carbonyl (C=O) groups excluding carboxylic acids is 6. The lowest BCUT2D eigenvalue weighted by Crippen LogP contribution is -2.54. The molecular formula is C43H57N11O8. The van der Waals surface area contributed by atoms with Crippen molar-refractivity contribution in [3.63, 3.8) is 0 Å². The van der Waals surface area contributed by atoms with E-state index in [2.05, 4.69) is 41.5 Å². The van der Waals surface area contributed by atoms with Gasteiger partial charge in [-0.2, -0.15) is 0 Å². The van der Waals surface area contributed by atoms with E-state index in [9.17, 15) is 28.8 Å². The number of benzene rings is 2. The van der Waals surface area contributed by atoms with Gasteiger partial charge >= 0.3 is 12.1 Å². The molecule has 3 aromatic rings. The summed E-state index contributed by atoms with van der Waals surface area (Å²) < 4.78 is 5.36. The number of rotatable bonds is 21. The van der Waals surface area contributed by atoms with Crippen LogP contribution in [0.2, 0.25) is 0 Å². The minimum Gasteiger partial charge on any atom is -0.445 e. The van der Waals surface area contributed by atoms with Gasteiger partial charge in [-0.3, -0.25) is 24.0 Å². The van der Waals surface area contributed by atoms with Crippen molar-refractivity contribution in [2.45, 2.75) is 92.0 Å². The molecule has 0 aliphatic carbocycles. The lowest BCUT2D eigenvalue weighted by atomic mass is 10.0. The number of aliphatic imine (C=N–C) groups is 1. The first kappa shape index (κ1) is 47.8. The number of hydroxylamine groups is 2. The summed E-state index contributed by atoms with van der Waals surface area (Å²) in [5.74, 6) is -1.24. The van der Waals surface area contributed by atoms with Crippen molar-refractivity contribution in [3.8, 4) is 11.1 Å². The fourth-order valence-electron chi connectivity index (χ4n) is 6.16. The van der Waals surface area contributed by atoms with Crippen LogP contribution in [0.25, 0.3) is 17.2 Å². The number of nitrogens with one attached hydrogen (secondary N) is 5. The maximum absolute atomic E-state index is 13.3. The minimum atomic E-state index is -0.985. The Balaban J connectivity index is 1.29. The second-order valence-electron chi connectivity index (χ2n) is 14.9. The first-order chi connectivity index (χ1) is 29.7. The molecule has 62 heavy (non-hydrogen) atoms. The van der Waals surface area contributed by atoms with Crippen LogP contribution >= 0.6 is 0 Å². The fourth-order valence-corrected chi connectivity index (χ4v) is 6.16. The van der Waals surface area contributed by atoms with Gasteiger partial charge < -0.3 is 42.8 Å². The summed E-state index contributed by atoms with van der Waals surface area (Å²) in [6.45, 7) is 9.84. The molecule has 19 heteroatoms. The predicted octanol–water partition coefficient (Wildman–Crippen LogP) is 3.96. The highest BCUT2D eigenvalue weighted by molar-refractivity contribution is 6.05. The lowest BCUT2D eigenvalue weighted by Gasteiger charge is -2.25. The number of hydrogen-bond donors (Lipinski definition) is 7. The summed E-state index contributed by atoms with van der Waals surface area (Å²) in [6, 6.07) is 9.63. The highest BCUT2D eigenvalue weighted by Crippen LogP contribution is 2.32. The summed E-state index contributed by atoms with van der Waals surface area (Å²) in [6.07, 6.45) is 6.59. The molecule has 1 aliphatic heterocycles. The van der Waals surface area contributed by atoms with Gasteiger partial charge in [0.2, 0.25) is 17.7 Å². The summed E-state index contributed by atoms with van der Waals surface area (Å²) >= 11 is 0. The molecule has 0 saturated heterocycles. The highest BCUT2D eigenvalue weighted by Gasteiger charge is 2.28. The third-order valence-electron chi connectivity index (χ3n) is 9.31. The zero-order chi connectivity index (χ0) is 45.2. The van der Waals surface area contributed by atoms with E-state index in [1.807, 2.05) is 32.0 Å². The molecule has 2 heterocycles. The SMILES string of the molecule is CCCON(CCC)C(=O)C1=Cc2ccc(-c3cnc(CNC(=O)OCc4ccc(NC(=O)[C@H](CCCNC(N)=O)NC(=O)[C@@H](NC(C)=O)C(C)C)cc4)nc3)cc2N=C(N)C1. The molecule has 0 bridgehead atoms. The molecule has 1 aromatic heterocycles. The van der Waals surface area contributed by atoms with Gasteiger partial charge in [0.25, 0.3) is 5.91 Å². The Kier molecular flexibility index (Phi) is 18.3. The number of nitrogens with zero attached hydrogens (tertiary/aromatic N) is 4. The van der Waals surface area contributed by atoms with Gasteiger partial charge in [0, 0.05) is 61.2 Å². The molecule has 332 valence electrons. The molecule has 0 fully saturated rings. The van der Waals surface area contributed by atoms with Crippen molar-refractivity contribution >= 4 is 59.0 Å². The summed E-state index contributed by atoms with van der Waals surface area (Å²) in [4.78, 5) is 94.0. The fraction of sp³-hybridized carbons (Fsp3) is 0.419. The lowest BCUT2D eigenvalue weighted by molar-refractivity contribution is -0.182. The molecule has 0 spiro atoms. The average molecular weight is 856 g/mol.